The number of hydrogen-bond donors (Lipinski definition) is 0. The Kier molecular flexibility index (Phi) is 3.87. The monoisotopic (exact) mass is 321 g/mol. The molecule has 1 aliphatic rings. The molecule has 0 bridgehead atoms. The number of amides is 1. The van der Waals surface area contributed by atoms with Crippen molar-refractivity contribution in [1.29, 1.82) is 0 Å². The lowest BCUT2D eigenvalue weighted by Crippen LogP contribution is -2.29. The highest BCUT2D eigenvalue weighted by Crippen LogP contribution is 2.21. The summed E-state index contributed by atoms with van der Waals surface area (Å²) in [5, 5.41) is 1.06. The van der Waals surface area contributed by atoms with Gasteiger partial charge in [-0.1, -0.05) is 42.5 Å². The molecule has 116 valence electrons. The zero-order valence-electron chi connectivity index (χ0n) is 11.9. The van der Waals surface area contributed by atoms with Crippen LogP contribution < -0.4 is 0 Å². The van der Waals surface area contributed by atoms with Crippen molar-refractivity contribution >= 4 is 26.9 Å². The van der Waals surface area contributed by atoms with Crippen LogP contribution in [0.25, 0.3) is 10.8 Å². The van der Waals surface area contributed by atoms with E-state index in [2.05, 4.69) is 6.07 Å². The number of carbonyl (C=O) groups excluding carboxylic acids is 1. The highest BCUT2D eigenvalue weighted by Gasteiger charge is 2.37. The van der Waals surface area contributed by atoms with E-state index in [1.165, 1.54) is 4.90 Å². The number of nitrogens with zero attached hydrogens (tertiary/aromatic N) is 1. The molecule has 1 fully saturated rings. The Morgan fingerprint density at radius 3 is 2.55 bits per heavy atom. The molecule has 1 aliphatic heterocycles. The molecule has 0 spiro atoms. The number of halogens is 1. The Morgan fingerprint density at radius 2 is 1.86 bits per heavy atom. The summed E-state index contributed by atoms with van der Waals surface area (Å²) in [7, 11) is -4.64. The second kappa shape index (κ2) is 5.68. The van der Waals surface area contributed by atoms with Crippen LogP contribution in [0.1, 0.15) is 12.0 Å². The van der Waals surface area contributed by atoms with Crippen LogP contribution in [0.2, 0.25) is 0 Å². The lowest BCUT2D eigenvalue weighted by atomic mass is 10.1. The summed E-state index contributed by atoms with van der Waals surface area (Å²) in [5.74, 6) is -0.299. The molecule has 3 rings (SSSR count). The second-order valence-electron chi connectivity index (χ2n) is 5.57. The molecular formula is C16H16FNO3S. The summed E-state index contributed by atoms with van der Waals surface area (Å²) in [6, 6.07) is 14.1. The predicted octanol–water partition coefficient (Wildman–Crippen LogP) is 2.28. The van der Waals surface area contributed by atoms with Crippen molar-refractivity contribution in [2.45, 2.75) is 18.1 Å². The van der Waals surface area contributed by atoms with Crippen LogP contribution in [0.4, 0.5) is 3.89 Å². The maximum atomic E-state index is 13.0. The molecule has 0 N–H and O–H groups in total. The number of benzene rings is 2. The van der Waals surface area contributed by atoms with Crippen LogP contribution in [0.5, 0.6) is 0 Å². The molecule has 0 aromatic heterocycles. The van der Waals surface area contributed by atoms with E-state index in [1.54, 1.807) is 0 Å². The van der Waals surface area contributed by atoms with E-state index in [4.69, 9.17) is 0 Å². The minimum Gasteiger partial charge on any atom is -0.341 e. The van der Waals surface area contributed by atoms with Gasteiger partial charge in [0, 0.05) is 19.5 Å². The molecule has 0 saturated carbocycles. The Morgan fingerprint density at radius 1 is 1.14 bits per heavy atom. The minimum atomic E-state index is -4.64. The molecule has 6 heteroatoms. The van der Waals surface area contributed by atoms with Crippen molar-refractivity contribution in [2.24, 2.45) is 0 Å². The van der Waals surface area contributed by atoms with Gasteiger partial charge in [-0.2, -0.15) is 8.42 Å². The van der Waals surface area contributed by atoms with Crippen LogP contribution in [0.3, 0.4) is 0 Å². The number of fused-ring (bicyclic) bond motifs is 1. The van der Waals surface area contributed by atoms with Crippen LogP contribution >= 0.6 is 0 Å². The molecule has 0 radical (unpaired) electrons. The molecule has 2 aromatic rings. The summed E-state index contributed by atoms with van der Waals surface area (Å²) in [5.41, 5.74) is 1.07. The fourth-order valence-corrected chi connectivity index (χ4v) is 3.50. The summed E-state index contributed by atoms with van der Waals surface area (Å²) >= 11 is 0. The van der Waals surface area contributed by atoms with Crippen LogP contribution in [0, 0.1) is 0 Å². The summed E-state index contributed by atoms with van der Waals surface area (Å²) in [4.78, 5) is 13.2. The Bertz CT molecular complexity index is 819. The van der Waals surface area contributed by atoms with Gasteiger partial charge in [0.05, 0.1) is 0 Å². The average Bonchev–Trinajstić information content (AvgIpc) is 2.86. The first-order valence-electron chi connectivity index (χ1n) is 7.12. The van der Waals surface area contributed by atoms with E-state index in [0.717, 1.165) is 16.3 Å². The third-order valence-corrected chi connectivity index (χ3v) is 5.17. The Labute approximate surface area is 128 Å². The topological polar surface area (TPSA) is 54.5 Å². The van der Waals surface area contributed by atoms with Crippen LogP contribution in [-0.2, 0) is 21.4 Å². The van der Waals surface area contributed by atoms with E-state index < -0.39 is 15.5 Å². The van der Waals surface area contributed by atoms with Gasteiger partial charge in [-0.05, 0) is 22.8 Å². The molecule has 0 aliphatic carbocycles. The fourth-order valence-electron chi connectivity index (χ4n) is 2.80. The Balaban J connectivity index is 1.68. The van der Waals surface area contributed by atoms with Gasteiger partial charge < -0.3 is 4.90 Å². The van der Waals surface area contributed by atoms with Gasteiger partial charge >= 0.3 is 10.2 Å². The second-order valence-corrected chi connectivity index (χ2v) is 7.19. The van der Waals surface area contributed by atoms with Gasteiger partial charge in [-0.25, -0.2) is 0 Å². The standard InChI is InChI=1S/C16H16FNO3S/c17-22(20,21)15-10-16(19)18(11-15)8-7-12-5-6-13-3-1-2-4-14(13)9-12/h1-6,9,15H,7-8,10-11H2. The zero-order chi connectivity index (χ0) is 15.7. The van der Waals surface area contributed by atoms with Gasteiger partial charge in [0.15, 0.2) is 0 Å². The van der Waals surface area contributed by atoms with Crippen molar-refractivity contribution < 1.29 is 17.1 Å². The van der Waals surface area contributed by atoms with Crippen LogP contribution in [0.15, 0.2) is 42.5 Å². The minimum absolute atomic E-state index is 0.0503. The lowest BCUT2D eigenvalue weighted by Gasteiger charge is -2.16. The van der Waals surface area contributed by atoms with Gasteiger partial charge in [0.25, 0.3) is 0 Å². The van der Waals surface area contributed by atoms with E-state index in [0.29, 0.717) is 13.0 Å². The van der Waals surface area contributed by atoms with Crippen molar-refractivity contribution in [3.63, 3.8) is 0 Å². The molecule has 2 aromatic carbocycles. The van der Waals surface area contributed by atoms with E-state index in [9.17, 15) is 17.1 Å². The third kappa shape index (κ3) is 3.11. The van der Waals surface area contributed by atoms with Crippen molar-refractivity contribution in [1.82, 2.24) is 4.90 Å². The van der Waals surface area contributed by atoms with Gasteiger partial charge in [-0.3, -0.25) is 4.79 Å². The maximum Gasteiger partial charge on any atom is 0.307 e. The predicted molar refractivity (Wildman–Crippen MR) is 82.7 cm³/mol. The quantitative estimate of drug-likeness (QED) is 0.812. The highest BCUT2D eigenvalue weighted by molar-refractivity contribution is 7.87. The van der Waals surface area contributed by atoms with Gasteiger partial charge in [0.1, 0.15) is 5.25 Å². The maximum absolute atomic E-state index is 13.0. The summed E-state index contributed by atoms with van der Waals surface area (Å²) in [6.07, 6.45) is 0.367. The van der Waals surface area contributed by atoms with Gasteiger partial charge in [-0.15, -0.1) is 3.89 Å². The number of carbonyl (C=O) groups is 1. The van der Waals surface area contributed by atoms with E-state index in [1.807, 2.05) is 36.4 Å². The zero-order valence-corrected chi connectivity index (χ0v) is 12.7. The first-order valence-corrected chi connectivity index (χ1v) is 8.57. The number of rotatable bonds is 4. The molecule has 1 unspecified atom stereocenters. The Hall–Kier alpha value is -1.95. The fraction of sp³-hybridized carbons (Fsp3) is 0.312. The first kappa shape index (κ1) is 15.0. The molecule has 22 heavy (non-hydrogen) atoms. The average molecular weight is 321 g/mol. The lowest BCUT2D eigenvalue weighted by molar-refractivity contribution is -0.127. The number of hydrogen-bond acceptors (Lipinski definition) is 3. The largest absolute Gasteiger partial charge is 0.341 e. The molecule has 1 atom stereocenters. The van der Waals surface area contributed by atoms with Crippen molar-refractivity contribution in [2.75, 3.05) is 13.1 Å². The molecule has 1 saturated heterocycles. The smallest absolute Gasteiger partial charge is 0.307 e. The molecule has 1 amide bonds. The number of likely N-dealkylation sites (tertiary alicyclic amines) is 1. The highest BCUT2D eigenvalue weighted by atomic mass is 32.3. The third-order valence-electron chi connectivity index (χ3n) is 4.06. The van der Waals surface area contributed by atoms with E-state index in [-0.39, 0.29) is 18.9 Å². The summed E-state index contributed by atoms with van der Waals surface area (Å²) < 4.78 is 34.8. The molecule has 4 nitrogen and oxygen atoms in total. The van der Waals surface area contributed by atoms with Crippen LogP contribution in [-0.4, -0.2) is 37.6 Å². The van der Waals surface area contributed by atoms with Gasteiger partial charge in [0.2, 0.25) is 5.91 Å². The van der Waals surface area contributed by atoms with E-state index >= 15 is 0 Å². The normalized spacial score (nSPS) is 19.0. The van der Waals surface area contributed by atoms with Crippen molar-refractivity contribution in [3.05, 3.63) is 48.0 Å². The summed E-state index contributed by atoms with van der Waals surface area (Å²) in [6.45, 7) is 0.356. The molecule has 1 heterocycles. The van der Waals surface area contributed by atoms with Crippen molar-refractivity contribution in [3.8, 4) is 0 Å². The SMILES string of the molecule is O=C1CC(S(=O)(=O)F)CN1CCc1ccc2ccccc2c1. The first-order chi connectivity index (χ1) is 10.4. The molecular weight excluding hydrogens is 305 g/mol.